The molecule has 0 fully saturated rings. The van der Waals surface area contributed by atoms with Gasteiger partial charge in [0.05, 0.1) is 6.61 Å². The molecule has 0 saturated heterocycles. The van der Waals surface area contributed by atoms with Crippen molar-refractivity contribution in [1.29, 1.82) is 0 Å². The summed E-state index contributed by atoms with van der Waals surface area (Å²) in [6.45, 7) is 8.19. The second-order valence-corrected chi connectivity index (χ2v) is 4.09. The number of hydrogen-bond donors (Lipinski definition) is 0. The Hall–Kier alpha value is -1.44. The van der Waals surface area contributed by atoms with Crippen molar-refractivity contribution in [2.75, 3.05) is 6.61 Å². The monoisotopic (exact) mass is 217 g/mol. The molecule has 2 heteroatoms. The van der Waals surface area contributed by atoms with E-state index < -0.39 is 0 Å². The zero-order valence-corrected chi connectivity index (χ0v) is 10.3. The highest BCUT2D eigenvalue weighted by molar-refractivity contribution is 5.82. The van der Waals surface area contributed by atoms with Gasteiger partial charge in [-0.25, -0.2) is 0 Å². The Labute approximate surface area is 96.8 Å². The van der Waals surface area contributed by atoms with Gasteiger partial charge in [-0.2, -0.15) is 0 Å². The summed E-state index contributed by atoms with van der Waals surface area (Å²) in [5.74, 6) is 0.962. The molecule has 0 aliphatic rings. The maximum atomic E-state index is 5.51. The van der Waals surface area contributed by atoms with Crippen LogP contribution in [0.4, 0.5) is 0 Å². The van der Waals surface area contributed by atoms with E-state index >= 15 is 0 Å². The van der Waals surface area contributed by atoms with E-state index in [1.54, 1.807) is 0 Å². The van der Waals surface area contributed by atoms with Gasteiger partial charge in [-0.15, -0.1) is 0 Å². The molecular weight excluding hydrogens is 198 g/mol. The Kier molecular flexibility index (Phi) is 3.18. The van der Waals surface area contributed by atoms with Crippen molar-refractivity contribution in [2.45, 2.75) is 33.7 Å². The highest BCUT2D eigenvalue weighted by Gasteiger charge is 2.05. The molecule has 2 aromatic rings. The van der Waals surface area contributed by atoms with Crippen LogP contribution in [0, 0.1) is 6.92 Å². The first kappa shape index (κ1) is 11.1. The summed E-state index contributed by atoms with van der Waals surface area (Å²) in [4.78, 5) is 0. The Balaban J connectivity index is 2.47. The largest absolute Gasteiger partial charge is 0.494 e. The SMILES string of the molecule is CCCn1c(C)cc2cc(OCC)ccc21. The fraction of sp³-hybridized carbons (Fsp3) is 0.429. The summed E-state index contributed by atoms with van der Waals surface area (Å²) in [7, 11) is 0. The lowest BCUT2D eigenvalue weighted by molar-refractivity contribution is 0.340. The molecule has 2 nitrogen and oxygen atoms in total. The Bertz CT molecular complexity index is 485. The van der Waals surface area contributed by atoms with Gasteiger partial charge >= 0.3 is 0 Å². The molecule has 0 amide bonds. The molecule has 0 bridgehead atoms. The molecule has 0 atom stereocenters. The number of fused-ring (bicyclic) bond motifs is 1. The third kappa shape index (κ3) is 1.92. The van der Waals surface area contributed by atoms with Gasteiger partial charge in [-0.3, -0.25) is 0 Å². The second kappa shape index (κ2) is 4.60. The van der Waals surface area contributed by atoms with Crippen LogP contribution in [0.15, 0.2) is 24.3 Å². The van der Waals surface area contributed by atoms with E-state index in [4.69, 9.17) is 4.74 Å². The van der Waals surface area contributed by atoms with Crippen LogP contribution in [-0.2, 0) is 6.54 Å². The number of aromatic nitrogens is 1. The summed E-state index contributed by atoms with van der Waals surface area (Å²) >= 11 is 0. The van der Waals surface area contributed by atoms with Gasteiger partial charge in [0, 0.05) is 23.1 Å². The van der Waals surface area contributed by atoms with Gasteiger partial charge in [0.15, 0.2) is 0 Å². The molecule has 0 N–H and O–H groups in total. The molecule has 0 saturated carbocycles. The molecule has 0 unspecified atom stereocenters. The molecular formula is C14H19NO. The van der Waals surface area contributed by atoms with Gasteiger partial charge in [0.25, 0.3) is 0 Å². The quantitative estimate of drug-likeness (QED) is 0.760. The average Bonchev–Trinajstić information content (AvgIpc) is 2.56. The third-order valence-electron chi connectivity index (χ3n) is 2.84. The van der Waals surface area contributed by atoms with Gasteiger partial charge in [0.1, 0.15) is 5.75 Å². The Morgan fingerprint density at radius 3 is 2.69 bits per heavy atom. The van der Waals surface area contributed by atoms with Crippen LogP contribution < -0.4 is 4.74 Å². The number of nitrogens with zero attached hydrogens (tertiary/aromatic N) is 1. The van der Waals surface area contributed by atoms with E-state index in [1.807, 2.05) is 6.92 Å². The molecule has 1 aromatic heterocycles. The van der Waals surface area contributed by atoms with Gasteiger partial charge < -0.3 is 9.30 Å². The number of benzene rings is 1. The van der Waals surface area contributed by atoms with Crippen molar-refractivity contribution in [2.24, 2.45) is 0 Å². The van der Waals surface area contributed by atoms with Crippen LogP contribution in [0.5, 0.6) is 5.75 Å². The van der Waals surface area contributed by atoms with Gasteiger partial charge in [-0.05, 0) is 44.5 Å². The number of hydrogen-bond acceptors (Lipinski definition) is 1. The van der Waals surface area contributed by atoms with Crippen LogP contribution >= 0.6 is 0 Å². The predicted octanol–water partition coefficient (Wildman–Crippen LogP) is 3.76. The van der Waals surface area contributed by atoms with Crippen molar-refractivity contribution in [3.8, 4) is 5.75 Å². The van der Waals surface area contributed by atoms with Gasteiger partial charge in [0.2, 0.25) is 0 Å². The highest BCUT2D eigenvalue weighted by atomic mass is 16.5. The summed E-state index contributed by atoms with van der Waals surface area (Å²) in [5.41, 5.74) is 2.63. The second-order valence-electron chi connectivity index (χ2n) is 4.09. The summed E-state index contributed by atoms with van der Waals surface area (Å²) < 4.78 is 7.88. The lowest BCUT2D eigenvalue weighted by atomic mass is 10.2. The van der Waals surface area contributed by atoms with Crippen LogP contribution in [-0.4, -0.2) is 11.2 Å². The number of rotatable bonds is 4. The lowest BCUT2D eigenvalue weighted by Crippen LogP contribution is -1.98. The van der Waals surface area contributed by atoms with Crippen molar-refractivity contribution in [3.05, 3.63) is 30.0 Å². The molecule has 86 valence electrons. The smallest absolute Gasteiger partial charge is 0.120 e. The first-order valence-electron chi connectivity index (χ1n) is 5.99. The van der Waals surface area contributed by atoms with Crippen LogP contribution in [0.2, 0.25) is 0 Å². The Morgan fingerprint density at radius 1 is 1.19 bits per heavy atom. The summed E-state index contributed by atoms with van der Waals surface area (Å²) in [6, 6.07) is 8.56. The minimum absolute atomic E-state index is 0.722. The molecule has 0 aliphatic heterocycles. The zero-order valence-electron chi connectivity index (χ0n) is 10.3. The first-order chi connectivity index (χ1) is 7.76. The molecule has 1 heterocycles. The fourth-order valence-electron chi connectivity index (χ4n) is 2.16. The van der Waals surface area contributed by atoms with Crippen LogP contribution in [0.3, 0.4) is 0 Å². The van der Waals surface area contributed by atoms with Crippen molar-refractivity contribution in [1.82, 2.24) is 4.57 Å². The minimum Gasteiger partial charge on any atom is -0.494 e. The van der Waals surface area contributed by atoms with E-state index in [2.05, 4.69) is 42.7 Å². The average molecular weight is 217 g/mol. The maximum Gasteiger partial charge on any atom is 0.120 e. The third-order valence-corrected chi connectivity index (χ3v) is 2.84. The lowest BCUT2D eigenvalue weighted by Gasteiger charge is -2.07. The molecule has 0 radical (unpaired) electrons. The first-order valence-corrected chi connectivity index (χ1v) is 5.99. The van der Waals surface area contributed by atoms with E-state index in [9.17, 15) is 0 Å². The molecule has 2 rings (SSSR count). The fourth-order valence-corrected chi connectivity index (χ4v) is 2.16. The van der Waals surface area contributed by atoms with E-state index in [0.29, 0.717) is 0 Å². The van der Waals surface area contributed by atoms with Gasteiger partial charge in [-0.1, -0.05) is 6.92 Å². The van der Waals surface area contributed by atoms with E-state index in [-0.39, 0.29) is 0 Å². The molecule has 1 aromatic carbocycles. The normalized spacial score (nSPS) is 10.9. The number of aryl methyl sites for hydroxylation is 2. The van der Waals surface area contributed by atoms with Crippen LogP contribution in [0.1, 0.15) is 26.0 Å². The maximum absolute atomic E-state index is 5.51. The molecule has 0 aliphatic carbocycles. The number of ether oxygens (including phenoxy) is 1. The van der Waals surface area contributed by atoms with E-state index in [1.165, 1.54) is 16.6 Å². The summed E-state index contributed by atoms with van der Waals surface area (Å²) in [5, 5.41) is 1.27. The topological polar surface area (TPSA) is 14.2 Å². The van der Waals surface area contributed by atoms with Crippen molar-refractivity contribution in [3.63, 3.8) is 0 Å². The van der Waals surface area contributed by atoms with Crippen LogP contribution in [0.25, 0.3) is 10.9 Å². The minimum atomic E-state index is 0.722. The van der Waals surface area contributed by atoms with Crippen molar-refractivity contribution < 1.29 is 4.74 Å². The van der Waals surface area contributed by atoms with E-state index in [0.717, 1.165) is 25.3 Å². The molecule has 0 spiro atoms. The zero-order chi connectivity index (χ0) is 11.5. The predicted molar refractivity (Wildman–Crippen MR) is 68.1 cm³/mol. The standard InChI is InChI=1S/C14H19NO/c1-4-8-15-11(3)9-12-10-13(16-5-2)6-7-14(12)15/h6-7,9-10H,4-5,8H2,1-3H3. The summed E-state index contributed by atoms with van der Waals surface area (Å²) in [6.07, 6.45) is 1.16. The molecule has 16 heavy (non-hydrogen) atoms. The van der Waals surface area contributed by atoms with Crippen molar-refractivity contribution >= 4 is 10.9 Å². The Morgan fingerprint density at radius 2 is 2.00 bits per heavy atom. The highest BCUT2D eigenvalue weighted by Crippen LogP contribution is 2.24.